The number of hydrogen-bond acceptors (Lipinski definition) is 1. The van der Waals surface area contributed by atoms with E-state index >= 15 is 0 Å². The lowest BCUT2D eigenvalue weighted by molar-refractivity contribution is 0.308. The fourth-order valence-electron chi connectivity index (χ4n) is 2.35. The first-order valence-electron chi connectivity index (χ1n) is 4.04. The zero-order valence-electron chi connectivity index (χ0n) is 6.11. The van der Waals surface area contributed by atoms with E-state index in [-0.39, 0.29) is 0 Å². The maximum atomic E-state index is 3.59. The van der Waals surface area contributed by atoms with Crippen molar-refractivity contribution >= 4 is 0 Å². The second kappa shape index (κ2) is 1.72. The molecule has 1 saturated heterocycles. The van der Waals surface area contributed by atoms with Gasteiger partial charge in [-0.2, -0.15) is 0 Å². The van der Waals surface area contributed by atoms with E-state index in [1.807, 2.05) is 0 Å². The number of hydrogen-bond donors (Lipinski definition) is 1. The fraction of sp³-hybridized carbons (Fsp3) is 1.00. The maximum absolute atomic E-state index is 3.59. The molecule has 9 heavy (non-hydrogen) atoms. The second-order valence-corrected chi connectivity index (χ2v) is 3.90. The van der Waals surface area contributed by atoms with Gasteiger partial charge in [-0.1, -0.05) is 6.42 Å². The van der Waals surface area contributed by atoms with Crippen molar-refractivity contribution in [2.24, 2.45) is 5.92 Å². The lowest BCUT2D eigenvalue weighted by atomic mass is 9.82. The van der Waals surface area contributed by atoms with E-state index in [0.29, 0.717) is 5.54 Å². The Bertz CT molecular complexity index is 118. The lowest BCUT2D eigenvalue weighted by Crippen LogP contribution is -2.36. The molecule has 0 aromatic rings. The summed E-state index contributed by atoms with van der Waals surface area (Å²) in [5, 5.41) is 3.59. The summed E-state index contributed by atoms with van der Waals surface area (Å²) in [7, 11) is 0. The van der Waals surface area contributed by atoms with Gasteiger partial charge in [-0.05, 0) is 38.6 Å². The smallest absolute Gasteiger partial charge is 0.0156 e. The van der Waals surface area contributed by atoms with Crippen LogP contribution >= 0.6 is 0 Å². The highest BCUT2D eigenvalue weighted by Crippen LogP contribution is 2.36. The van der Waals surface area contributed by atoms with Crippen molar-refractivity contribution < 1.29 is 0 Å². The molecule has 1 aliphatic heterocycles. The molecule has 1 heteroatoms. The third kappa shape index (κ3) is 0.877. The van der Waals surface area contributed by atoms with Crippen LogP contribution in [-0.4, -0.2) is 12.1 Å². The van der Waals surface area contributed by atoms with Crippen molar-refractivity contribution in [3.63, 3.8) is 0 Å². The van der Waals surface area contributed by atoms with E-state index < -0.39 is 0 Å². The molecule has 0 unspecified atom stereocenters. The van der Waals surface area contributed by atoms with Crippen molar-refractivity contribution in [3.05, 3.63) is 0 Å². The van der Waals surface area contributed by atoms with Gasteiger partial charge in [0.1, 0.15) is 0 Å². The van der Waals surface area contributed by atoms with Gasteiger partial charge in [0.05, 0.1) is 0 Å². The summed E-state index contributed by atoms with van der Waals surface area (Å²) in [5.74, 6) is 1.02. The Morgan fingerprint density at radius 2 is 2.44 bits per heavy atom. The third-order valence-corrected chi connectivity index (χ3v) is 2.90. The van der Waals surface area contributed by atoms with Gasteiger partial charge in [0, 0.05) is 5.54 Å². The van der Waals surface area contributed by atoms with Crippen molar-refractivity contribution in [1.82, 2.24) is 5.32 Å². The average Bonchev–Trinajstić information content (AvgIpc) is 2.07. The second-order valence-electron chi connectivity index (χ2n) is 3.90. The minimum absolute atomic E-state index is 0.545. The maximum Gasteiger partial charge on any atom is 0.0156 e. The standard InChI is InChI=1S/C8H15N/c1-8-4-2-3-7(5-8)6-9-8/h7,9H,2-6H2,1H3/t7-,8+/m1/s1. The van der Waals surface area contributed by atoms with E-state index in [2.05, 4.69) is 12.2 Å². The Balaban J connectivity index is 2.13. The van der Waals surface area contributed by atoms with Crippen LogP contribution in [0.1, 0.15) is 32.6 Å². The molecule has 0 amide bonds. The summed E-state index contributed by atoms with van der Waals surface area (Å²) in [4.78, 5) is 0. The zero-order chi connectivity index (χ0) is 6.32. The third-order valence-electron chi connectivity index (χ3n) is 2.90. The molecule has 1 saturated carbocycles. The molecule has 0 aromatic carbocycles. The van der Waals surface area contributed by atoms with Crippen LogP contribution in [0.3, 0.4) is 0 Å². The monoisotopic (exact) mass is 125 g/mol. The van der Waals surface area contributed by atoms with Crippen LogP contribution in [0.2, 0.25) is 0 Å². The molecule has 2 bridgehead atoms. The van der Waals surface area contributed by atoms with E-state index in [4.69, 9.17) is 0 Å². The minimum atomic E-state index is 0.545. The first-order valence-corrected chi connectivity index (χ1v) is 4.04. The zero-order valence-corrected chi connectivity index (χ0v) is 6.11. The highest BCUT2D eigenvalue weighted by Gasteiger charge is 2.37. The van der Waals surface area contributed by atoms with Gasteiger partial charge in [-0.3, -0.25) is 0 Å². The molecule has 1 nitrogen and oxygen atoms in total. The molecule has 1 N–H and O–H groups in total. The Morgan fingerprint density at radius 1 is 1.56 bits per heavy atom. The van der Waals surface area contributed by atoms with Crippen LogP contribution < -0.4 is 5.32 Å². The number of fused-ring (bicyclic) bond motifs is 2. The summed E-state index contributed by atoms with van der Waals surface area (Å²) in [6.07, 6.45) is 5.77. The van der Waals surface area contributed by atoms with Crippen molar-refractivity contribution in [1.29, 1.82) is 0 Å². The van der Waals surface area contributed by atoms with Crippen molar-refractivity contribution in [2.75, 3.05) is 6.54 Å². The molecule has 0 aromatic heterocycles. The molecule has 0 radical (unpaired) electrons. The van der Waals surface area contributed by atoms with Gasteiger partial charge in [0.2, 0.25) is 0 Å². The van der Waals surface area contributed by atoms with Gasteiger partial charge in [-0.15, -0.1) is 0 Å². The average molecular weight is 125 g/mol. The van der Waals surface area contributed by atoms with Gasteiger partial charge < -0.3 is 5.32 Å². The number of rotatable bonds is 0. The van der Waals surface area contributed by atoms with E-state index in [9.17, 15) is 0 Å². The molecular weight excluding hydrogens is 110 g/mol. The van der Waals surface area contributed by atoms with Crippen LogP contribution in [0.5, 0.6) is 0 Å². The molecule has 52 valence electrons. The summed E-state index contributed by atoms with van der Waals surface area (Å²) >= 11 is 0. The van der Waals surface area contributed by atoms with E-state index in [0.717, 1.165) is 5.92 Å². The molecular formula is C8H15N. The summed E-state index contributed by atoms with van der Waals surface area (Å²) in [6, 6.07) is 0. The van der Waals surface area contributed by atoms with Crippen LogP contribution in [0.15, 0.2) is 0 Å². The molecule has 2 fully saturated rings. The van der Waals surface area contributed by atoms with Crippen LogP contribution in [0.25, 0.3) is 0 Å². The van der Waals surface area contributed by atoms with E-state index in [1.54, 1.807) is 0 Å². The quantitative estimate of drug-likeness (QED) is 0.518. The largest absolute Gasteiger partial charge is 0.311 e. The fourth-order valence-corrected chi connectivity index (χ4v) is 2.35. The van der Waals surface area contributed by atoms with Crippen LogP contribution in [0.4, 0.5) is 0 Å². The first kappa shape index (κ1) is 5.72. The van der Waals surface area contributed by atoms with E-state index in [1.165, 1.54) is 32.2 Å². The Hall–Kier alpha value is -0.0400. The molecule has 2 aliphatic rings. The normalized spacial score (nSPS) is 49.7. The van der Waals surface area contributed by atoms with Crippen LogP contribution in [-0.2, 0) is 0 Å². The Morgan fingerprint density at radius 3 is 3.11 bits per heavy atom. The van der Waals surface area contributed by atoms with Gasteiger partial charge in [0.25, 0.3) is 0 Å². The molecule has 1 aliphatic carbocycles. The van der Waals surface area contributed by atoms with Gasteiger partial charge in [0.15, 0.2) is 0 Å². The Kier molecular flexibility index (Phi) is 1.10. The molecule has 2 rings (SSSR count). The highest BCUT2D eigenvalue weighted by atomic mass is 15.0. The summed E-state index contributed by atoms with van der Waals surface area (Å²) in [6.45, 7) is 3.66. The lowest BCUT2D eigenvalue weighted by Gasteiger charge is -2.28. The van der Waals surface area contributed by atoms with Crippen LogP contribution in [0, 0.1) is 5.92 Å². The number of nitrogens with one attached hydrogen (secondary N) is 1. The van der Waals surface area contributed by atoms with Crippen molar-refractivity contribution in [2.45, 2.75) is 38.1 Å². The predicted molar refractivity (Wildman–Crippen MR) is 38.4 cm³/mol. The minimum Gasteiger partial charge on any atom is -0.311 e. The molecule has 2 atom stereocenters. The first-order chi connectivity index (χ1) is 4.29. The van der Waals surface area contributed by atoms with Gasteiger partial charge >= 0.3 is 0 Å². The summed E-state index contributed by atoms with van der Waals surface area (Å²) < 4.78 is 0. The summed E-state index contributed by atoms with van der Waals surface area (Å²) in [5.41, 5.74) is 0.545. The Labute approximate surface area is 56.8 Å². The molecule has 0 spiro atoms. The topological polar surface area (TPSA) is 12.0 Å². The molecule has 1 heterocycles. The SMILES string of the molecule is C[C@@]12CCC[C@@H](CN1)C2. The van der Waals surface area contributed by atoms with Crippen molar-refractivity contribution in [3.8, 4) is 0 Å². The van der Waals surface area contributed by atoms with Gasteiger partial charge in [-0.25, -0.2) is 0 Å². The predicted octanol–water partition coefficient (Wildman–Crippen LogP) is 1.54. The highest BCUT2D eigenvalue weighted by molar-refractivity contribution is 4.96.